The molecule has 1 fully saturated rings. The molecule has 0 bridgehead atoms. The van der Waals surface area contributed by atoms with E-state index in [4.69, 9.17) is 27.9 Å². The second kappa shape index (κ2) is 9.16. The summed E-state index contributed by atoms with van der Waals surface area (Å²) in [4.78, 5) is 16.6. The third-order valence-corrected chi connectivity index (χ3v) is 5.03. The Bertz CT molecular complexity index is 831. The van der Waals surface area contributed by atoms with Gasteiger partial charge in [-0.1, -0.05) is 41.4 Å². The molecule has 4 nitrogen and oxygen atoms in total. The number of carbonyl (C=O) groups is 1. The lowest BCUT2D eigenvalue weighted by Gasteiger charge is -2.36. The molecule has 27 heavy (non-hydrogen) atoms. The van der Waals surface area contributed by atoms with Crippen LogP contribution in [0.15, 0.2) is 48.5 Å². The summed E-state index contributed by atoms with van der Waals surface area (Å²) in [5.74, 6) is 0.871. The molecule has 3 rings (SSSR count). The summed E-state index contributed by atoms with van der Waals surface area (Å²) in [6.07, 6.45) is 3.30. The molecule has 0 unspecified atom stereocenters. The van der Waals surface area contributed by atoms with Crippen LogP contribution in [-0.4, -0.2) is 43.6 Å². The van der Waals surface area contributed by atoms with Crippen LogP contribution in [0.3, 0.4) is 0 Å². The summed E-state index contributed by atoms with van der Waals surface area (Å²) in [5.41, 5.74) is 1.86. The van der Waals surface area contributed by atoms with E-state index < -0.39 is 0 Å². The fraction of sp³-hybridized carbons (Fsp3) is 0.286. The normalized spacial score (nSPS) is 14.6. The van der Waals surface area contributed by atoms with Crippen molar-refractivity contribution in [3.05, 3.63) is 64.1 Å². The van der Waals surface area contributed by atoms with Crippen LogP contribution in [0.5, 0.6) is 5.75 Å². The maximum Gasteiger partial charge on any atom is 0.246 e. The van der Waals surface area contributed by atoms with E-state index in [-0.39, 0.29) is 5.91 Å². The highest BCUT2D eigenvalue weighted by Crippen LogP contribution is 2.29. The van der Waals surface area contributed by atoms with Crippen molar-refractivity contribution >= 4 is 40.9 Å². The van der Waals surface area contributed by atoms with Gasteiger partial charge in [0.05, 0.1) is 12.3 Å². The van der Waals surface area contributed by atoms with Crippen LogP contribution in [0, 0.1) is 0 Å². The summed E-state index contributed by atoms with van der Waals surface area (Å²) < 4.78 is 5.72. The predicted molar refractivity (Wildman–Crippen MR) is 112 cm³/mol. The van der Waals surface area contributed by atoms with Gasteiger partial charge in [0, 0.05) is 42.3 Å². The number of hydrogen-bond acceptors (Lipinski definition) is 3. The van der Waals surface area contributed by atoms with Gasteiger partial charge in [-0.3, -0.25) is 4.79 Å². The number of anilines is 1. The van der Waals surface area contributed by atoms with Gasteiger partial charge in [0.15, 0.2) is 0 Å². The van der Waals surface area contributed by atoms with E-state index in [1.165, 1.54) is 0 Å². The second-order valence-corrected chi connectivity index (χ2v) is 7.06. The molecule has 1 aliphatic rings. The molecule has 0 N–H and O–H groups in total. The molecular weight excluding hydrogens is 383 g/mol. The van der Waals surface area contributed by atoms with Crippen LogP contribution in [0.25, 0.3) is 6.08 Å². The van der Waals surface area contributed by atoms with Crippen LogP contribution in [0.4, 0.5) is 5.69 Å². The predicted octanol–water partition coefficient (Wildman–Crippen LogP) is 4.75. The highest BCUT2D eigenvalue weighted by atomic mass is 35.5. The molecular formula is C21H22Cl2N2O2. The quantitative estimate of drug-likeness (QED) is 0.673. The highest BCUT2D eigenvalue weighted by Gasteiger charge is 2.21. The van der Waals surface area contributed by atoms with Gasteiger partial charge in [0.1, 0.15) is 5.75 Å². The first-order valence-corrected chi connectivity index (χ1v) is 9.73. The van der Waals surface area contributed by atoms with Gasteiger partial charge < -0.3 is 14.5 Å². The monoisotopic (exact) mass is 404 g/mol. The molecule has 2 aromatic carbocycles. The topological polar surface area (TPSA) is 32.8 Å². The molecule has 0 saturated carbocycles. The standard InChI is InChI=1S/C21H22Cl2N2O2/c1-2-27-20-6-4-3-5-19(20)24-11-13-25(14-12-24)21(26)10-8-16-7-9-17(22)15-18(16)23/h3-10,15H,2,11-14H2,1H3/b10-8+. The Labute approximate surface area is 169 Å². The van der Waals surface area contributed by atoms with Crippen molar-refractivity contribution in [3.8, 4) is 5.75 Å². The number of benzene rings is 2. The molecule has 0 spiro atoms. The Morgan fingerprint density at radius 3 is 2.56 bits per heavy atom. The lowest BCUT2D eigenvalue weighted by atomic mass is 10.2. The molecule has 0 aromatic heterocycles. The average molecular weight is 405 g/mol. The Morgan fingerprint density at radius 1 is 1.11 bits per heavy atom. The summed E-state index contributed by atoms with van der Waals surface area (Å²) in [6, 6.07) is 13.2. The fourth-order valence-corrected chi connectivity index (χ4v) is 3.54. The molecule has 0 radical (unpaired) electrons. The van der Waals surface area contributed by atoms with Crippen molar-refractivity contribution in [3.63, 3.8) is 0 Å². The molecule has 1 amide bonds. The van der Waals surface area contributed by atoms with Crippen molar-refractivity contribution in [1.82, 2.24) is 4.90 Å². The van der Waals surface area contributed by atoms with E-state index in [1.807, 2.05) is 30.0 Å². The maximum absolute atomic E-state index is 12.5. The van der Waals surface area contributed by atoms with E-state index in [0.29, 0.717) is 29.7 Å². The molecule has 0 atom stereocenters. The van der Waals surface area contributed by atoms with Crippen LogP contribution in [0.1, 0.15) is 12.5 Å². The van der Waals surface area contributed by atoms with E-state index in [1.54, 1.807) is 30.4 Å². The third-order valence-electron chi connectivity index (χ3n) is 4.47. The van der Waals surface area contributed by atoms with Crippen molar-refractivity contribution in [2.24, 2.45) is 0 Å². The highest BCUT2D eigenvalue weighted by molar-refractivity contribution is 6.35. The van der Waals surface area contributed by atoms with Crippen LogP contribution in [-0.2, 0) is 4.79 Å². The summed E-state index contributed by atoms with van der Waals surface area (Å²) in [7, 11) is 0. The average Bonchev–Trinajstić information content (AvgIpc) is 2.68. The minimum atomic E-state index is -0.0150. The lowest BCUT2D eigenvalue weighted by Crippen LogP contribution is -2.48. The van der Waals surface area contributed by atoms with Gasteiger partial charge >= 0.3 is 0 Å². The third kappa shape index (κ3) is 4.96. The Balaban J connectivity index is 1.60. The molecule has 142 valence electrons. The van der Waals surface area contributed by atoms with Crippen molar-refractivity contribution in [1.29, 1.82) is 0 Å². The van der Waals surface area contributed by atoms with Crippen LogP contribution >= 0.6 is 23.2 Å². The first-order chi connectivity index (χ1) is 13.1. The zero-order valence-corrected chi connectivity index (χ0v) is 16.7. The minimum Gasteiger partial charge on any atom is -0.492 e. The van der Waals surface area contributed by atoms with Crippen LogP contribution < -0.4 is 9.64 Å². The number of halogens is 2. The molecule has 2 aromatic rings. The SMILES string of the molecule is CCOc1ccccc1N1CCN(C(=O)/C=C/c2ccc(Cl)cc2Cl)CC1. The molecule has 0 aliphatic carbocycles. The lowest BCUT2D eigenvalue weighted by molar-refractivity contribution is -0.126. The van der Waals surface area contributed by atoms with E-state index in [9.17, 15) is 4.79 Å². The van der Waals surface area contributed by atoms with Crippen molar-refractivity contribution < 1.29 is 9.53 Å². The zero-order chi connectivity index (χ0) is 19.2. The summed E-state index contributed by atoms with van der Waals surface area (Å²) in [6.45, 7) is 5.48. The summed E-state index contributed by atoms with van der Waals surface area (Å²) >= 11 is 12.0. The minimum absolute atomic E-state index is 0.0150. The zero-order valence-electron chi connectivity index (χ0n) is 15.2. The van der Waals surface area contributed by atoms with Gasteiger partial charge in [0.25, 0.3) is 0 Å². The van der Waals surface area contributed by atoms with E-state index in [2.05, 4.69) is 11.0 Å². The Hall–Kier alpha value is -2.17. The number of amides is 1. The van der Waals surface area contributed by atoms with E-state index in [0.717, 1.165) is 30.1 Å². The van der Waals surface area contributed by atoms with Gasteiger partial charge in [-0.2, -0.15) is 0 Å². The van der Waals surface area contributed by atoms with Gasteiger partial charge in [0.2, 0.25) is 5.91 Å². The summed E-state index contributed by atoms with van der Waals surface area (Å²) in [5, 5.41) is 1.11. The van der Waals surface area contributed by atoms with Crippen molar-refractivity contribution in [2.75, 3.05) is 37.7 Å². The fourth-order valence-electron chi connectivity index (χ4n) is 3.07. The largest absolute Gasteiger partial charge is 0.492 e. The molecule has 1 saturated heterocycles. The van der Waals surface area contributed by atoms with Gasteiger partial charge in [-0.25, -0.2) is 0 Å². The molecule has 1 heterocycles. The number of ether oxygens (including phenoxy) is 1. The van der Waals surface area contributed by atoms with Crippen molar-refractivity contribution in [2.45, 2.75) is 6.92 Å². The molecule has 6 heteroatoms. The van der Waals surface area contributed by atoms with E-state index >= 15 is 0 Å². The Morgan fingerprint density at radius 2 is 1.85 bits per heavy atom. The molecule has 1 aliphatic heterocycles. The van der Waals surface area contributed by atoms with Gasteiger partial charge in [-0.05, 0) is 42.8 Å². The Kier molecular flexibility index (Phi) is 6.64. The smallest absolute Gasteiger partial charge is 0.246 e. The second-order valence-electron chi connectivity index (χ2n) is 6.21. The first kappa shape index (κ1) is 19.6. The van der Waals surface area contributed by atoms with Gasteiger partial charge in [-0.15, -0.1) is 0 Å². The number of piperazine rings is 1. The van der Waals surface area contributed by atoms with Crippen LogP contribution in [0.2, 0.25) is 10.0 Å². The number of hydrogen-bond donors (Lipinski definition) is 0. The number of carbonyl (C=O) groups excluding carboxylic acids is 1. The first-order valence-electron chi connectivity index (χ1n) is 8.97. The number of rotatable bonds is 5. The maximum atomic E-state index is 12.5. The number of para-hydroxylation sites is 2. The number of nitrogens with zero attached hydrogens (tertiary/aromatic N) is 2.